The van der Waals surface area contributed by atoms with Crippen molar-refractivity contribution in [3.8, 4) is 0 Å². The summed E-state index contributed by atoms with van der Waals surface area (Å²) in [5.41, 5.74) is 0. The molecule has 0 aliphatic rings. The highest BCUT2D eigenvalue weighted by Gasteiger charge is 1.58. The lowest BCUT2D eigenvalue weighted by atomic mass is 10.6. The van der Waals surface area contributed by atoms with Gasteiger partial charge in [-0.15, -0.1) is 0 Å². The van der Waals surface area contributed by atoms with Crippen molar-refractivity contribution in [2.24, 2.45) is 0 Å². The Bertz CT molecular complexity index is 97.1. The Morgan fingerprint density at radius 2 is 3.25 bits per heavy atom. The third kappa shape index (κ3) is 2.48. The summed E-state index contributed by atoms with van der Waals surface area (Å²) in [5, 5.41) is -2.14. The van der Waals surface area contributed by atoms with Gasteiger partial charge in [-0.1, -0.05) is 22.8 Å². The van der Waals surface area contributed by atoms with Gasteiger partial charge in [0.1, 0.15) is 0 Å². The van der Waals surface area contributed by atoms with Crippen LogP contribution in [0.25, 0.3) is 0 Å². The normalized spacial score (nSPS) is 44.2. The second-order valence-electron chi connectivity index (χ2n) is 0.253. The van der Waals surface area contributed by atoms with E-state index in [0.29, 0.717) is 0 Å². The smallest absolute Gasteiger partial charge is 0.0386 e. The zero-order valence-electron chi connectivity index (χ0n) is 7.96. The van der Waals surface area contributed by atoms with Crippen molar-refractivity contribution >= 4 is 15.9 Å². The van der Waals surface area contributed by atoms with Crippen LogP contribution < -0.4 is 0 Å². The van der Waals surface area contributed by atoms with Crippen LogP contribution in [0, 0.1) is 0 Å². The SMILES string of the molecule is [2H]C(C([2H])([2H])[2H])C([2H])([2H])Br. The van der Waals surface area contributed by atoms with Gasteiger partial charge in [-0.2, -0.15) is 0 Å². The van der Waals surface area contributed by atoms with Crippen molar-refractivity contribution in [3.05, 3.63) is 0 Å². The molecule has 4 heavy (non-hydrogen) atoms. The third-order valence-electron chi connectivity index (χ3n) is 0.0546. The first-order chi connectivity index (χ1) is 4.15. The van der Waals surface area contributed by atoms with Gasteiger partial charge in [-0.3, -0.25) is 0 Å². The van der Waals surface area contributed by atoms with E-state index in [2.05, 4.69) is 15.9 Å². The van der Waals surface area contributed by atoms with E-state index in [9.17, 15) is 0 Å². The molecular formula is C3H7Br. The zero-order valence-corrected chi connectivity index (χ0v) is 3.54. The van der Waals surface area contributed by atoms with Gasteiger partial charge < -0.3 is 0 Å². The molecule has 0 saturated carbocycles. The molecule has 0 spiro atoms. The van der Waals surface area contributed by atoms with Crippen molar-refractivity contribution < 1.29 is 8.22 Å². The minimum Gasteiger partial charge on any atom is -0.0928 e. The highest BCUT2D eigenvalue weighted by Crippen LogP contribution is 1.80. The van der Waals surface area contributed by atoms with Gasteiger partial charge in [-0.05, 0) is 6.40 Å². The summed E-state index contributed by atoms with van der Waals surface area (Å²) in [7, 11) is 0. The highest BCUT2D eigenvalue weighted by molar-refractivity contribution is 9.09. The van der Waals surface area contributed by atoms with E-state index < -0.39 is 18.5 Å². The molecule has 0 N–H and O–H groups in total. The molecule has 0 fully saturated rings. The van der Waals surface area contributed by atoms with Gasteiger partial charge in [0.05, 0.1) is 0 Å². The largest absolute Gasteiger partial charge is 0.0928 e. The summed E-state index contributed by atoms with van der Waals surface area (Å²) >= 11 is 2.47. The van der Waals surface area contributed by atoms with Gasteiger partial charge in [0.15, 0.2) is 0 Å². The van der Waals surface area contributed by atoms with E-state index in [0.717, 1.165) is 0 Å². The first kappa shape index (κ1) is 0.604. The first-order valence-electron chi connectivity index (χ1n) is 3.84. The monoisotopic (exact) mass is 128 g/mol. The quantitative estimate of drug-likeness (QED) is 0.473. The molecule has 0 aliphatic heterocycles. The molecule has 0 radical (unpaired) electrons. The van der Waals surface area contributed by atoms with Crippen LogP contribution >= 0.6 is 15.9 Å². The molecule has 26 valence electrons. The predicted octanol–water partition coefficient (Wildman–Crippen LogP) is 1.79. The molecule has 0 aromatic carbocycles. The minimum atomic E-state index is -2.56. The molecule has 0 aromatic rings. The lowest BCUT2D eigenvalue weighted by molar-refractivity contribution is 1.12. The topological polar surface area (TPSA) is 0 Å². The van der Waals surface area contributed by atoms with E-state index in [1.54, 1.807) is 0 Å². The first-order valence-corrected chi connectivity index (χ1v) is 1.56. The summed E-state index contributed by atoms with van der Waals surface area (Å²) < 4.78 is 40.6. The Morgan fingerprint density at radius 1 is 2.50 bits per heavy atom. The summed E-state index contributed by atoms with van der Waals surface area (Å²) in [6, 6.07) is 0. The average molecular weight is 129 g/mol. The molecule has 0 amide bonds. The van der Waals surface area contributed by atoms with Gasteiger partial charge in [0, 0.05) is 13.5 Å². The predicted molar refractivity (Wildman–Crippen MR) is 24.1 cm³/mol. The zero-order chi connectivity index (χ0) is 8.58. The van der Waals surface area contributed by atoms with E-state index in [-0.39, 0.29) is 0 Å². The maximum atomic E-state index is 6.89. The van der Waals surface area contributed by atoms with Crippen molar-refractivity contribution in [1.29, 1.82) is 0 Å². The van der Waals surface area contributed by atoms with E-state index in [4.69, 9.17) is 8.22 Å². The fourth-order valence-electron chi connectivity index (χ4n) is 0. The summed E-state index contributed by atoms with van der Waals surface area (Å²) in [6.45, 7) is -2.56. The highest BCUT2D eigenvalue weighted by atomic mass is 79.9. The number of halogens is 1. The van der Waals surface area contributed by atoms with Crippen LogP contribution in [-0.4, -0.2) is 5.28 Å². The van der Waals surface area contributed by atoms with Crippen molar-refractivity contribution in [2.75, 3.05) is 5.28 Å². The third-order valence-corrected chi connectivity index (χ3v) is 0.283. The van der Waals surface area contributed by atoms with E-state index in [1.807, 2.05) is 0 Å². The number of hydrogen-bond donors (Lipinski definition) is 0. The Hall–Kier alpha value is 0.480. The van der Waals surface area contributed by atoms with Crippen LogP contribution in [0.2, 0.25) is 0 Å². The Kier molecular flexibility index (Phi) is 0.525. The molecule has 1 atom stereocenters. The summed E-state index contributed by atoms with van der Waals surface area (Å²) in [5.74, 6) is 0. The maximum absolute atomic E-state index is 6.89. The molecule has 0 aliphatic carbocycles. The second-order valence-corrected chi connectivity index (χ2v) is 0.711. The Morgan fingerprint density at radius 3 is 3.25 bits per heavy atom. The van der Waals surface area contributed by atoms with Crippen LogP contribution in [-0.2, 0) is 0 Å². The lowest BCUT2D eigenvalue weighted by Crippen LogP contribution is -1.54. The van der Waals surface area contributed by atoms with E-state index in [1.165, 1.54) is 0 Å². The fourth-order valence-corrected chi connectivity index (χ4v) is 0. The number of alkyl halides is 1. The lowest BCUT2D eigenvalue weighted by Gasteiger charge is -1.66. The summed E-state index contributed by atoms with van der Waals surface area (Å²) in [6.07, 6.45) is -1.74. The van der Waals surface area contributed by atoms with Crippen LogP contribution in [0.15, 0.2) is 0 Å². The van der Waals surface area contributed by atoms with Gasteiger partial charge in [0.25, 0.3) is 0 Å². The van der Waals surface area contributed by atoms with Gasteiger partial charge in [0.2, 0.25) is 0 Å². The van der Waals surface area contributed by atoms with Crippen molar-refractivity contribution in [1.82, 2.24) is 0 Å². The molecular weight excluding hydrogens is 116 g/mol. The number of hydrogen-bond acceptors (Lipinski definition) is 0. The van der Waals surface area contributed by atoms with E-state index >= 15 is 0 Å². The van der Waals surface area contributed by atoms with Crippen LogP contribution in [0.4, 0.5) is 0 Å². The van der Waals surface area contributed by atoms with Crippen LogP contribution in [0.5, 0.6) is 0 Å². The summed E-state index contributed by atoms with van der Waals surface area (Å²) in [4.78, 5) is 0. The number of rotatable bonds is 1. The second kappa shape index (κ2) is 3.48. The molecule has 0 heterocycles. The molecule has 0 saturated heterocycles. The van der Waals surface area contributed by atoms with Crippen molar-refractivity contribution in [3.63, 3.8) is 0 Å². The average Bonchev–Trinajstić information content (AvgIpc) is 1.59. The fraction of sp³-hybridized carbons (Fsp3) is 1.00. The molecule has 1 heteroatoms. The minimum absolute atomic E-state index is 1.74. The van der Waals surface area contributed by atoms with Crippen LogP contribution in [0.1, 0.15) is 21.5 Å². The molecule has 0 rings (SSSR count). The molecule has 0 nitrogen and oxygen atoms in total. The maximum Gasteiger partial charge on any atom is 0.0386 e. The molecule has 0 aromatic heterocycles. The Labute approximate surface area is 43.8 Å². The van der Waals surface area contributed by atoms with Crippen molar-refractivity contribution in [2.45, 2.75) is 13.2 Å². The standard InChI is InChI=1S/C3H7Br/c1-2-3-4/h2-3H2,1H3/i1D3,2D,3D2. The van der Waals surface area contributed by atoms with Gasteiger partial charge >= 0.3 is 0 Å². The van der Waals surface area contributed by atoms with Crippen LogP contribution in [0.3, 0.4) is 0 Å². The Balaban J connectivity index is 4.23. The molecule has 1 unspecified atom stereocenters. The molecule has 0 bridgehead atoms. The van der Waals surface area contributed by atoms with Gasteiger partial charge in [-0.25, -0.2) is 0 Å².